The molecular formula is C28H38O4. The average molecular weight is 439 g/mol. The zero-order chi connectivity index (χ0) is 22.5. The van der Waals surface area contributed by atoms with E-state index in [0.717, 1.165) is 37.5 Å². The molecule has 0 aliphatic heterocycles. The normalized spacial score (nSPS) is 42.8. The van der Waals surface area contributed by atoms with Crippen LogP contribution in [0.5, 0.6) is 0 Å². The Kier molecular flexibility index (Phi) is 5.62. The molecule has 1 aromatic carbocycles. The van der Waals surface area contributed by atoms with Gasteiger partial charge in [-0.25, -0.2) is 4.79 Å². The number of ether oxygens (including phenoxy) is 2. The van der Waals surface area contributed by atoms with Gasteiger partial charge in [0.1, 0.15) is 12.2 Å². The highest BCUT2D eigenvalue weighted by Crippen LogP contribution is 2.66. The van der Waals surface area contributed by atoms with E-state index in [4.69, 9.17) is 9.47 Å². The van der Waals surface area contributed by atoms with E-state index in [9.17, 15) is 9.59 Å². The van der Waals surface area contributed by atoms with Crippen LogP contribution in [0.25, 0.3) is 0 Å². The number of carbonyl (C=O) groups excluding carboxylic acids is 2. The molecule has 4 aliphatic rings. The lowest BCUT2D eigenvalue weighted by atomic mass is 9.45. The molecule has 0 saturated heterocycles. The zero-order valence-corrected chi connectivity index (χ0v) is 19.8. The molecule has 4 heteroatoms. The Bertz CT molecular complexity index is 865. The maximum atomic E-state index is 12.8. The van der Waals surface area contributed by atoms with Crippen molar-refractivity contribution in [2.75, 3.05) is 0 Å². The Hall–Kier alpha value is -1.84. The molecule has 0 amide bonds. The largest absolute Gasteiger partial charge is 0.463 e. The molecule has 0 N–H and O–H groups in total. The van der Waals surface area contributed by atoms with Gasteiger partial charge in [-0.05, 0) is 99.0 Å². The third kappa shape index (κ3) is 3.58. The van der Waals surface area contributed by atoms with Gasteiger partial charge in [-0.15, -0.1) is 0 Å². The first-order valence-corrected chi connectivity index (χ1v) is 12.7. The van der Waals surface area contributed by atoms with E-state index in [2.05, 4.69) is 13.8 Å². The number of esters is 2. The number of hydrogen-bond donors (Lipinski definition) is 0. The van der Waals surface area contributed by atoms with E-state index in [-0.39, 0.29) is 29.6 Å². The minimum Gasteiger partial charge on any atom is -0.463 e. The summed E-state index contributed by atoms with van der Waals surface area (Å²) in [5, 5.41) is 0. The van der Waals surface area contributed by atoms with Gasteiger partial charge in [-0.3, -0.25) is 4.79 Å². The van der Waals surface area contributed by atoms with Gasteiger partial charge < -0.3 is 9.47 Å². The Morgan fingerprint density at radius 3 is 2.31 bits per heavy atom. The lowest BCUT2D eigenvalue weighted by molar-refractivity contribution is -0.161. The molecule has 0 heterocycles. The molecule has 4 aliphatic carbocycles. The fraction of sp³-hybridized carbons (Fsp3) is 0.714. The summed E-state index contributed by atoms with van der Waals surface area (Å²) in [4.78, 5) is 24.3. The minimum atomic E-state index is -0.168. The number of benzene rings is 1. The van der Waals surface area contributed by atoms with Crippen molar-refractivity contribution in [1.82, 2.24) is 0 Å². The van der Waals surface area contributed by atoms with Crippen molar-refractivity contribution in [1.29, 1.82) is 0 Å². The van der Waals surface area contributed by atoms with Gasteiger partial charge in [0, 0.05) is 12.3 Å². The first-order valence-electron chi connectivity index (χ1n) is 12.7. The van der Waals surface area contributed by atoms with Crippen LogP contribution in [0.2, 0.25) is 0 Å². The second kappa shape index (κ2) is 8.18. The summed E-state index contributed by atoms with van der Waals surface area (Å²) in [6.45, 7) is 6.46. The summed E-state index contributed by atoms with van der Waals surface area (Å²) in [5.41, 5.74) is 1.12. The van der Waals surface area contributed by atoms with Crippen molar-refractivity contribution in [3.05, 3.63) is 35.9 Å². The molecule has 0 bridgehead atoms. The summed E-state index contributed by atoms with van der Waals surface area (Å²) in [7, 11) is 0. The van der Waals surface area contributed by atoms with E-state index < -0.39 is 0 Å². The van der Waals surface area contributed by atoms with E-state index in [1.165, 1.54) is 39.0 Å². The molecule has 5 rings (SSSR count). The molecule has 0 unspecified atom stereocenters. The van der Waals surface area contributed by atoms with Gasteiger partial charge in [0.25, 0.3) is 0 Å². The van der Waals surface area contributed by atoms with Crippen molar-refractivity contribution in [2.45, 2.75) is 90.8 Å². The van der Waals surface area contributed by atoms with Crippen LogP contribution in [-0.4, -0.2) is 24.1 Å². The van der Waals surface area contributed by atoms with Gasteiger partial charge in [0.2, 0.25) is 0 Å². The van der Waals surface area contributed by atoms with Gasteiger partial charge in [0.15, 0.2) is 0 Å². The van der Waals surface area contributed by atoms with Crippen molar-refractivity contribution in [3.63, 3.8) is 0 Å². The van der Waals surface area contributed by atoms with Crippen LogP contribution >= 0.6 is 0 Å². The molecule has 4 nitrogen and oxygen atoms in total. The van der Waals surface area contributed by atoms with E-state index in [1.54, 1.807) is 0 Å². The lowest BCUT2D eigenvalue weighted by Crippen LogP contribution is -2.54. The predicted molar refractivity (Wildman–Crippen MR) is 123 cm³/mol. The third-order valence-electron chi connectivity index (χ3n) is 10.1. The Morgan fingerprint density at radius 2 is 1.56 bits per heavy atom. The summed E-state index contributed by atoms with van der Waals surface area (Å²) in [5.74, 6) is 2.50. The van der Waals surface area contributed by atoms with Crippen molar-refractivity contribution in [3.8, 4) is 0 Å². The Morgan fingerprint density at radius 1 is 0.844 bits per heavy atom. The van der Waals surface area contributed by atoms with Crippen LogP contribution in [0.3, 0.4) is 0 Å². The fourth-order valence-electron chi connectivity index (χ4n) is 8.48. The highest BCUT2D eigenvalue weighted by molar-refractivity contribution is 5.89. The summed E-state index contributed by atoms with van der Waals surface area (Å²) in [6, 6.07) is 9.43. The number of hydrogen-bond acceptors (Lipinski definition) is 4. The first kappa shape index (κ1) is 22.0. The maximum Gasteiger partial charge on any atom is 0.338 e. The number of rotatable bonds is 3. The molecule has 174 valence electrons. The highest BCUT2D eigenvalue weighted by Gasteiger charge is 2.61. The maximum absolute atomic E-state index is 12.8. The van der Waals surface area contributed by atoms with Crippen LogP contribution in [-0.2, 0) is 14.3 Å². The average Bonchev–Trinajstić information content (AvgIpc) is 3.10. The van der Waals surface area contributed by atoms with Crippen LogP contribution < -0.4 is 0 Å². The molecule has 0 spiro atoms. The molecule has 1 aromatic rings. The lowest BCUT2D eigenvalue weighted by Gasteiger charge is -2.60. The van der Waals surface area contributed by atoms with Crippen LogP contribution in [0.1, 0.15) is 88.9 Å². The second-order valence-corrected chi connectivity index (χ2v) is 11.5. The fourth-order valence-corrected chi connectivity index (χ4v) is 8.48. The quantitative estimate of drug-likeness (QED) is 0.528. The van der Waals surface area contributed by atoms with E-state index >= 15 is 0 Å². The smallest absolute Gasteiger partial charge is 0.338 e. The molecule has 32 heavy (non-hydrogen) atoms. The molecule has 0 aromatic heterocycles. The SMILES string of the molecule is CC(=O)O[C@@H]1CC[C@@]2(C)[C@@H](CC[C@H]3[C@H]4CC[C@H](OC(=O)c5ccccc5)[C@@]4(C)CC[C@@H]32)C1. The zero-order valence-electron chi connectivity index (χ0n) is 19.8. The highest BCUT2D eigenvalue weighted by atomic mass is 16.5. The third-order valence-corrected chi connectivity index (χ3v) is 10.1. The van der Waals surface area contributed by atoms with Crippen molar-refractivity contribution < 1.29 is 19.1 Å². The summed E-state index contributed by atoms with van der Waals surface area (Å²) >= 11 is 0. The van der Waals surface area contributed by atoms with Crippen LogP contribution in [0, 0.1) is 34.5 Å². The topological polar surface area (TPSA) is 52.6 Å². The second-order valence-electron chi connectivity index (χ2n) is 11.5. The molecule has 8 atom stereocenters. The van der Waals surface area contributed by atoms with Crippen molar-refractivity contribution >= 4 is 11.9 Å². The van der Waals surface area contributed by atoms with E-state index in [1.807, 2.05) is 30.3 Å². The van der Waals surface area contributed by atoms with Crippen LogP contribution in [0.4, 0.5) is 0 Å². The van der Waals surface area contributed by atoms with E-state index in [0.29, 0.717) is 22.8 Å². The Balaban J connectivity index is 1.30. The minimum absolute atomic E-state index is 0.0337. The Labute approximate surface area is 192 Å². The molecule has 4 saturated carbocycles. The van der Waals surface area contributed by atoms with Gasteiger partial charge in [-0.2, -0.15) is 0 Å². The van der Waals surface area contributed by atoms with Gasteiger partial charge >= 0.3 is 11.9 Å². The first-order chi connectivity index (χ1) is 15.3. The molecular weight excluding hydrogens is 400 g/mol. The molecule has 0 radical (unpaired) electrons. The number of fused-ring (bicyclic) bond motifs is 5. The standard InChI is InChI=1S/C28H38O4/c1-18(29)31-21-13-15-27(2)20(17-21)9-10-22-23-11-12-25(28(23,3)16-14-24(22)27)32-26(30)19-7-5-4-6-8-19/h4-8,20-25H,9-17H2,1-3H3/t20-,21+,22-,23+,24-,25-,27-,28-/m0/s1. The van der Waals surface area contributed by atoms with Gasteiger partial charge in [0.05, 0.1) is 5.56 Å². The summed E-state index contributed by atoms with van der Waals surface area (Å²) in [6.07, 6.45) is 10.5. The van der Waals surface area contributed by atoms with Gasteiger partial charge in [-0.1, -0.05) is 32.0 Å². The predicted octanol–water partition coefficient (Wildman–Crippen LogP) is 6.19. The molecule has 4 fully saturated rings. The monoisotopic (exact) mass is 438 g/mol. The van der Waals surface area contributed by atoms with Crippen LogP contribution in [0.15, 0.2) is 30.3 Å². The number of carbonyl (C=O) groups is 2. The summed E-state index contributed by atoms with van der Waals surface area (Å²) < 4.78 is 11.8. The van der Waals surface area contributed by atoms with Crippen molar-refractivity contribution in [2.24, 2.45) is 34.5 Å².